The van der Waals surface area contributed by atoms with Crippen LogP contribution in [0, 0.1) is 5.92 Å². The molecule has 0 spiro atoms. The lowest BCUT2D eigenvalue weighted by Crippen LogP contribution is -2.34. The molecule has 0 amide bonds. The second-order valence-corrected chi connectivity index (χ2v) is 6.51. The van der Waals surface area contributed by atoms with Gasteiger partial charge in [0.05, 0.1) is 0 Å². The molecule has 20 heavy (non-hydrogen) atoms. The second kappa shape index (κ2) is 8.40. The highest BCUT2D eigenvalue weighted by Crippen LogP contribution is 2.15. The monoisotopic (exact) mass is 277 g/mol. The Morgan fingerprint density at radius 1 is 1.00 bits per heavy atom. The largest absolute Gasteiger partial charge is 0.323 e. The maximum absolute atomic E-state index is 6.30. The van der Waals surface area contributed by atoms with Gasteiger partial charge in [-0.2, -0.15) is 0 Å². The molecule has 1 unspecified atom stereocenters. The van der Waals surface area contributed by atoms with E-state index in [1.54, 1.807) is 0 Å². The van der Waals surface area contributed by atoms with Crippen LogP contribution in [0.4, 0.5) is 0 Å². The third-order valence-corrected chi connectivity index (χ3v) is 3.49. The summed E-state index contributed by atoms with van der Waals surface area (Å²) in [5.41, 5.74) is 8.93. The molecule has 1 aromatic rings. The summed E-state index contributed by atoms with van der Waals surface area (Å²) in [6.07, 6.45) is 1.14. The highest BCUT2D eigenvalue weighted by molar-refractivity contribution is 5.25. The topological polar surface area (TPSA) is 32.5 Å². The average Bonchev–Trinajstić information content (AvgIpc) is 2.36. The fourth-order valence-electron chi connectivity index (χ4n) is 2.28. The van der Waals surface area contributed by atoms with Crippen molar-refractivity contribution in [1.29, 1.82) is 0 Å². The normalized spacial score (nSPS) is 13.4. The van der Waals surface area contributed by atoms with Gasteiger partial charge in [-0.1, -0.05) is 38.1 Å². The molecule has 114 valence electrons. The van der Waals surface area contributed by atoms with Crippen LogP contribution in [0.2, 0.25) is 0 Å². The van der Waals surface area contributed by atoms with E-state index >= 15 is 0 Å². The Morgan fingerprint density at radius 3 is 2.10 bits per heavy atom. The lowest BCUT2D eigenvalue weighted by molar-refractivity contribution is 0.269. The highest BCUT2D eigenvalue weighted by Gasteiger charge is 2.09. The number of hydrogen-bond acceptors (Lipinski definition) is 3. The number of rotatable bonds is 8. The van der Waals surface area contributed by atoms with Gasteiger partial charge < -0.3 is 15.5 Å². The molecule has 0 saturated heterocycles. The van der Waals surface area contributed by atoms with E-state index in [0.717, 1.165) is 26.1 Å². The Hall–Kier alpha value is -0.900. The number of benzene rings is 1. The molecular formula is C17H31N3. The van der Waals surface area contributed by atoms with Crippen LogP contribution in [0.15, 0.2) is 24.3 Å². The Labute approximate surface area is 124 Å². The summed E-state index contributed by atoms with van der Waals surface area (Å²) in [4.78, 5) is 4.50. The zero-order valence-electron chi connectivity index (χ0n) is 13.8. The molecule has 0 aliphatic carbocycles. The van der Waals surface area contributed by atoms with E-state index in [4.69, 9.17) is 5.73 Å². The van der Waals surface area contributed by atoms with Crippen molar-refractivity contribution in [3.05, 3.63) is 35.4 Å². The molecular weight excluding hydrogens is 246 g/mol. The summed E-state index contributed by atoms with van der Waals surface area (Å²) >= 11 is 0. The Kier molecular flexibility index (Phi) is 7.20. The Bertz CT molecular complexity index is 370. The minimum atomic E-state index is 0.0928. The number of hydrogen-bond donors (Lipinski definition) is 1. The van der Waals surface area contributed by atoms with Crippen LogP contribution in [-0.4, -0.2) is 50.6 Å². The first-order chi connectivity index (χ1) is 9.38. The van der Waals surface area contributed by atoms with Crippen LogP contribution < -0.4 is 5.73 Å². The van der Waals surface area contributed by atoms with Gasteiger partial charge in [0.15, 0.2) is 0 Å². The van der Waals surface area contributed by atoms with Crippen LogP contribution >= 0.6 is 0 Å². The molecule has 0 saturated carbocycles. The van der Waals surface area contributed by atoms with Crippen LogP contribution in [0.3, 0.4) is 0 Å². The molecule has 0 bridgehead atoms. The minimum Gasteiger partial charge on any atom is -0.323 e. The summed E-state index contributed by atoms with van der Waals surface area (Å²) in [5.74, 6) is 0.701. The SMILES string of the molecule is CC(C)Cc1ccc(C(N)CN(C)CCN(C)C)cc1. The second-order valence-electron chi connectivity index (χ2n) is 6.51. The van der Waals surface area contributed by atoms with E-state index in [2.05, 4.69) is 69.1 Å². The molecule has 3 nitrogen and oxygen atoms in total. The van der Waals surface area contributed by atoms with E-state index in [1.165, 1.54) is 11.1 Å². The molecule has 0 radical (unpaired) electrons. The van der Waals surface area contributed by atoms with E-state index in [1.807, 2.05) is 0 Å². The lowest BCUT2D eigenvalue weighted by Gasteiger charge is -2.23. The summed E-state index contributed by atoms with van der Waals surface area (Å²) in [6, 6.07) is 8.89. The van der Waals surface area contributed by atoms with Gasteiger partial charge in [-0.3, -0.25) is 0 Å². The first-order valence-corrected chi connectivity index (χ1v) is 7.56. The summed E-state index contributed by atoms with van der Waals surface area (Å²) in [6.45, 7) is 7.51. The highest BCUT2D eigenvalue weighted by atomic mass is 15.2. The van der Waals surface area contributed by atoms with Crippen molar-refractivity contribution in [3.63, 3.8) is 0 Å². The van der Waals surface area contributed by atoms with Gasteiger partial charge in [0, 0.05) is 25.7 Å². The minimum absolute atomic E-state index is 0.0928. The molecule has 0 aliphatic rings. The van der Waals surface area contributed by atoms with Crippen molar-refractivity contribution in [2.24, 2.45) is 11.7 Å². The van der Waals surface area contributed by atoms with Gasteiger partial charge in [0.25, 0.3) is 0 Å². The molecule has 0 heterocycles. The van der Waals surface area contributed by atoms with Crippen LogP contribution in [0.1, 0.15) is 31.0 Å². The zero-order chi connectivity index (χ0) is 15.1. The van der Waals surface area contributed by atoms with Gasteiger partial charge in [0.1, 0.15) is 0 Å². The van der Waals surface area contributed by atoms with Crippen molar-refractivity contribution in [2.45, 2.75) is 26.3 Å². The first kappa shape index (κ1) is 17.2. The fourth-order valence-corrected chi connectivity index (χ4v) is 2.28. The Morgan fingerprint density at radius 2 is 1.60 bits per heavy atom. The third-order valence-electron chi connectivity index (χ3n) is 3.49. The predicted octanol–water partition coefficient (Wildman–Crippen LogP) is 2.38. The van der Waals surface area contributed by atoms with Crippen molar-refractivity contribution < 1.29 is 0 Å². The molecule has 1 atom stereocenters. The summed E-state index contributed by atoms with van der Waals surface area (Å²) < 4.78 is 0. The van der Waals surface area contributed by atoms with E-state index < -0.39 is 0 Å². The van der Waals surface area contributed by atoms with Gasteiger partial charge >= 0.3 is 0 Å². The fraction of sp³-hybridized carbons (Fsp3) is 0.647. The van der Waals surface area contributed by atoms with Crippen molar-refractivity contribution in [2.75, 3.05) is 40.8 Å². The van der Waals surface area contributed by atoms with Crippen LogP contribution in [0.5, 0.6) is 0 Å². The van der Waals surface area contributed by atoms with E-state index in [-0.39, 0.29) is 6.04 Å². The van der Waals surface area contributed by atoms with Gasteiger partial charge in [0.2, 0.25) is 0 Å². The van der Waals surface area contributed by atoms with E-state index in [0.29, 0.717) is 5.92 Å². The van der Waals surface area contributed by atoms with Gasteiger partial charge in [-0.15, -0.1) is 0 Å². The van der Waals surface area contributed by atoms with Gasteiger partial charge in [-0.25, -0.2) is 0 Å². The maximum Gasteiger partial charge on any atom is 0.0424 e. The van der Waals surface area contributed by atoms with Crippen LogP contribution in [0.25, 0.3) is 0 Å². The summed E-state index contributed by atoms with van der Waals surface area (Å²) in [5, 5.41) is 0. The van der Waals surface area contributed by atoms with E-state index in [9.17, 15) is 0 Å². The van der Waals surface area contributed by atoms with Gasteiger partial charge in [-0.05, 0) is 44.6 Å². The molecule has 0 aliphatic heterocycles. The van der Waals surface area contributed by atoms with Crippen molar-refractivity contribution in [1.82, 2.24) is 9.80 Å². The number of nitrogens with zero attached hydrogens (tertiary/aromatic N) is 2. The smallest absolute Gasteiger partial charge is 0.0424 e. The predicted molar refractivity (Wildman–Crippen MR) is 88.0 cm³/mol. The molecule has 1 rings (SSSR count). The molecule has 0 fully saturated rings. The molecule has 2 N–H and O–H groups in total. The van der Waals surface area contributed by atoms with Crippen molar-refractivity contribution >= 4 is 0 Å². The first-order valence-electron chi connectivity index (χ1n) is 7.56. The molecule has 3 heteroatoms. The quantitative estimate of drug-likeness (QED) is 0.792. The Balaban J connectivity index is 2.48. The molecule has 0 aromatic heterocycles. The average molecular weight is 277 g/mol. The molecule has 1 aromatic carbocycles. The maximum atomic E-state index is 6.30. The van der Waals surface area contributed by atoms with Crippen molar-refractivity contribution in [3.8, 4) is 0 Å². The lowest BCUT2D eigenvalue weighted by atomic mass is 9.99. The third kappa shape index (κ3) is 6.51. The zero-order valence-corrected chi connectivity index (χ0v) is 13.8. The number of nitrogens with two attached hydrogens (primary N) is 1. The summed E-state index contributed by atoms with van der Waals surface area (Å²) in [7, 11) is 6.33. The number of likely N-dealkylation sites (N-methyl/N-ethyl adjacent to an activating group) is 2. The van der Waals surface area contributed by atoms with Crippen LogP contribution in [-0.2, 0) is 6.42 Å². The standard InChI is InChI=1S/C17H31N3/c1-14(2)12-15-6-8-16(9-7-15)17(18)13-20(5)11-10-19(3)4/h6-9,14,17H,10-13,18H2,1-5H3.